The maximum atomic E-state index is 5.68. The van der Waals surface area contributed by atoms with Crippen molar-refractivity contribution < 1.29 is 0 Å². The smallest absolute Gasteiger partial charge is 0.0535 e. The van der Waals surface area contributed by atoms with Crippen LogP contribution in [0.15, 0.2) is 41.9 Å². The average molecular weight is 279 g/mol. The van der Waals surface area contributed by atoms with Gasteiger partial charge in [0.25, 0.3) is 0 Å². The Morgan fingerprint density at radius 1 is 1.42 bits per heavy atom. The van der Waals surface area contributed by atoms with Gasteiger partial charge in [0, 0.05) is 31.2 Å². The zero-order valence-corrected chi connectivity index (χ0v) is 12.5. The molecule has 1 heterocycles. The van der Waals surface area contributed by atoms with E-state index in [1.54, 1.807) is 5.54 Å². The van der Waals surface area contributed by atoms with Crippen LogP contribution in [0.5, 0.6) is 0 Å². The minimum Gasteiger partial charge on any atom is -0.305 e. The molecule has 3 heteroatoms. The van der Waals surface area contributed by atoms with Crippen molar-refractivity contribution in [1.29, 1.82) is 0 Å². The molecule has 0 spiro atoms. The van der Waals surface area contributed by atoms with E-state index in [1.807, 2.05) is 6.08 Å². The third-order valence-electron chi connectivity index (χ3n) is 4.07. The van der Waals surface area contributed by atoms with Gasteiger partial charge in [0.1, 0.15) is 0 Å². The lowest BCUT2D eigenvalue weighted by Crippen LogP contribution is -2.60. The molecule has 1 fully saturated rings. The Morgan fingerprint density at radius 3 is 2.79 bits per heavy atom. The van der Waals surface area contributed by atoms with Crippen molar-refractivity contribution in [2.24, 2.45) is 0 Å². The van der Waals surface area contributed by atoms with E-state index in [-0.39, 0.29) is 5.54 Å². The summed E-state index contributed by atoms with van der Waals surface area (Å²) in [6.45, 7) is 7.49. The lowest BCUT2D eigenvalue weighted by Gasteiger charge is -2.46. The maximum Gasteiger partial charge on any atom is 0.0535 e. The molecule has 2 atom stereocenters. The highest BCUT2D eigenvalue weighted by atomic mass is 35.5. The zero-order chi connectivity index (χ0) is 13.7. The number of hydrogen-bond acceptors (Lipinski definition) is 2. The number of halogens is 1. The standard InChI is InChI=1S/C16H23ClN2/c1-3-15-12-18-16(2,13-19(15)11-7-10-17)14-8-5-4-6-9-14/h4-10,15,18H,3,11-13H2,1-2H3/b10-7+. The summed E-state index contributed by atoms with van der Waals surface area (Å²) in [5, 5.41) is 3.72. The van der Waals surface area contributed by atoms with Gasteiger partial charge in [0.2, 0.25) is 0 Å². The lowest BCUT2D eigenvalue weighted by molar-refractivity contribution is 0.0947. The van der Waals surface area contributed by atoms with Crippen LogP contribution in [0.1, 0.15) is 25.8 Å². The Morgan fingerprint density at radius 2 is 2.16 bits per heavy atom. The highest BCUT2D eigenvalue weighted by molar-refractivity contribution is 6.25. The normalized spacial score (nSPS) is 28.9. The first-order valence-corrected chi connectivity index (χ1v) is 7.43. The van der Waals surface area contributed by atoms with Crippen LogP contribution in [0.3, 0.4) is 0 Å². The molecule has 0 aromatic heterocycles. The molecule has 1 aliphatic rings. The van der Waals surface area contributed by atoms with E-state index in [0.29, 0.717) is 6.04 Å². The Bertz CT molecular complexity index is 418. The van der Waals surface area contributed by atoms with Crippen LogP contribution in [0.4, 0.5) is 0 Å². The van der Waals surface area contributed by atoms with Crippen molar-refractivity contribution >= 4 is 11.6 Å². The summed E-state index contributed by atoms with van der Waals surface area (Å²) < 4.78 is 0. The van der Waals surface area contributed by atoms with E-state index < -0.39 is 0 Å². The Kier molecular flexibility index (Phi) is 5.03. The molecule has 0 amide bonds. The second kappa shape index (κ2) is 6.56. The average Bonchev–Trinajstić information content (AvgIpc) is 2.46. The molecule has 19 heavy (non-hydrogen) atoms. The van der Waals surface area contributed by atoms with Crippen LogP contribution in [-0.4, -0.2) is 30.6 Å². The fraction of sp³-hybridized carbons (Fsp3) is 0.500. The summed E-state index contributed by atoms with van der Waals surface area (Å²) in [4.78, 5) is 2.52. The van der Waals surface area contributed by atoms with Crippen molar-refractivity contribution in [3.63, 3.8) is 0 Å². The molecular weight excluding hydrogens is 256 g/mol. The lowest BCUT2D eigenvalue weighted by atomic mass is 9.88. The molecule has 0 aliphatic carbocycles. The first-order valence-electron chi connectivity index (χ1n) is 6.99. The van der Waals surface area contributed by atoms with Gasteiger partial charge < -0.3 is 5.32 Å². The van der Waals surface area contributed by atoms with Crippen molar-refractivity contribution in [3.8, 4) is 0 Å². The summed E-state index contributed by atoms with van der Waals surface area (Å²) >= 11 is 5.68. The fourth-order valence-corrected chi connectivity index (χ4v) is 2.93. The molecule has 1 N–H and O–H groups in total. The number of nitrogens with zero attached hydrogens (tertiary/aromatic N) is 1. The Hall–Kier alpha value is -0.830. The van der Waals surface area contributed by atoms with E-state index in [9.17, 15) is 0 Å². The molecule has 1 aliphatic heterocycles. The maximum absolute atomic E-state index is 5.68. The third kappa shape index (κ3) is 3.38. The van der Waals surface area contributed by atoms with E-state index in [4.69, 9.17) is 11.6 Å². The fourth-order valence-electron chi connectivity index (χ4n) is 2.85. The molecule has 2 nitrogen and oxygen atoms in total. The SMILES string of the molecule is CCC1CNC(C)(c2ccccc2)CN1C/C=C/Cl. The molecule has 0 saturated carbocycles. The molecule has 1 saturated heterocycles. The van der Waals surface area contributed by atoms with Gasteiger partial charge in [-0.15, -0.1) is 0 Å². The van der Waals surface area contributed by atoms with Gasteiger partial charge in [0.15, 0.2) is 0 Å². The first kappa shape index (κ1) is 14.6. The highest BCUT2D eigenvalue weighted by Gasteiger charge is 2.35. The molecular formula is C16H23ClN2. The monoisotopic (exact) mass is 278 g/mol. The van der Waals surface area contributed by atoms with Gasteiger partial charge >= 0.3 is 0 Å². The second-order valence-corrected chi connectivity index (χ2v) is 5.68. The van der Waals surface area contributed by atoms with E-state index >= 15 is 0 Å². The largest absolute Gasteiger partial charge is 0.305 e. The summed E-state index contributed by atoms with van der Waals surface area (Å²) in [6, 6.07) is 11.3. The van der Waals surface area contributed by atoms with Crippen LogP contribution < -0.4 is 5.32 Å². The molecule has 1 aromatic carbocycles. The van der Waals surface area contributed by atoms with Crippen LogP contribution in [-0.2, 0) is 5.54 Å². The van der Waals surface area contributed by atoms with Gasteiger partial charge in [-0.05, 0) is 18.9 Å². The number of hydrogen-bond donors (Lipinski definition) is 1. The summed E-state index contributed by atoms with van der Waals surface area (Å²) in [7, 11) is 0. The first-order chi connectivity index (χ1) is 9.19. The topological polar surface area (TPSA) is 15.3 Å². The van der Waals surface area contributed by atoms with Crippen molar-refractivity contribution in [2.45, 2.75) is 31.8 Å². The summed E-state index contributed by atoms with van der Waals surface area (Å²) in [6.07, 6.45) is 3.19. The van der Waals surface area contributed by atoms with Gasteiger partial charge in [-0.2, -0.15) is 0 Å². The minimum absolute atomic E-state index is 0.0209. The van der Waals surface area contributed by atoms with Crippen molar-refractivity contribution in [1.82, 2.24) is 10.2 Å². The van der Waals surface area contributed by atoms with Gasteiger partial charge in [0.05, 0.1) is 5.54 Å². The quantitative estimate of drug-likeness (QED) is 0.909. The predicted octanol–water partition coefficient (Wildman–Crippen LogP) is 3.34. The zero-order valence-electron chi connectivity index (χ0n) is 11.8. The minimum atomic E-state index is 0.0209. The molecule has 0 bridgehead atoms. The molecule has 104 valence electrons. The molecule has 0 radical (unpaired) electrons. The van der Waals surface area contributed by atoms with Gasteiger partial charge in [-0.25, -0.2) is 0 Å². The number of nitrogens with one attached hydrogen (secondary N) is 1. The number of rotatable bonds is 4. The summed E-state index contributed by atoms with van der Waals surface area (Å²) in [5.41, 5.74) is 2.99. The summed E-state index contributed by atoms with van der Waals surface area (Å²) in [5.74, 6) is 0. The van der Waals surface area contributed by atoms with Crippen LogP contribution >= 0.6 is 11.6 Å². The molecule has 1 aromatic rings. The van der Waals surface area contributed by atoms with Crippen LogP contribution in [0, 0.1) is 0 Å². The van der Waals surface area contributed by atoms with Gasteiger partial charge in [-0.3, -0.25) is 4.90 Å². The molecule has 2 rings (SSSR count). The number of benzene rings is 1. The molecule has 2 unspecified atom stereocenters. The Balaban J connectivity index is 2.16. The number of piperazine rings is 1. The second-order valence-electron chi connectivity index (χ2n) is 5.43. The van der Waals surface area contributed by atoms with Crippen molar-refractivity contribution in [3.05, 3.63) is 47.5 Å². The van der Waals surface area contributed by atoms with Gasteiger partial charge in [-0.1, -0.05) is 54.9 Å². The van der Waals surface area contributed by atoms with Crippen LogP contribution in [0.2, 0.25) is 0 Å². The van der Waals surface area contributed by atoms with E-state index in [0.717, 1.165) is 26.1 Å². The Labute approximate surface area is 121 Å². The third-order valence-corrected chi connectivity index (χ3v) is 4.25. The van der Waals surface area contributed by atoms with Crippen molar-refractivity contribution in [2.75, 3.05) is 19.6 Å². The van der Waals surface area contributed by atoms with E-state index in [1.165, 1.54) is 5.56 Å². The van der Waals surface area contributed by atoms with E-state index in [2.05, 4.69) is 54.4 Å². The predicted molar refractivity (Wildman–Crippen MR) is 82.4 cm³/mol. The van der Waals surface area contributed by atoms with Crippen LogP contribution in [0.25, 0.3) is 0 Å². The highest BCUT2D eigenvalue weighted by Crippen LogP contribution is 2.27.